The van der Waals surface area contributed by atoms with Crippen molar-refractivity contribution in [2.75, 3.05) is 13.7 Å². The topological polar surface area (TPSA) is 50.4 Å². The van der Waals surface area contributed by atoms with Crippen molar-refractivity contribution in [1.82, 2.24) is 10.6 Å². The molecule has 1 heterocycles. The van der Waals surface area contributed by atoms with Gasteiger partial charge in [-0.25, -0.2) is 4.39 Å². The number of halogens is 1. The van der Waals surface area contributed by atoms with Crippen LogP contribution >= 0.6 is 0 Å². The number of methoxy groups -OCH3 is 1. The Morgan fingerprint density at radius 2 is 2.08 bits per heavy atom. The smallest absolute Gasteiger partial charge is 0.247 e. The quantitative estimate of drug-likeness (QED) is 0.882. The standard InChI is InChI=1S/C19H19FN2O2/c1-12-3-6-16(20)9-17(12)14-5-4-13-8-18(21-10-15(13)7-14)22-19(23)11-24-2/h3-10,18,21H,11H2,1-2H3,(H,22,23). The fourth-order valence-corrected chi connectivity index (χ4v) is 2.76. The molecule has 3 rings (SSSR count). The number of ether oxygens (including phenoxy) is 1. The van der Waals surface area contributed by atoms with Crippen LogP contribution in [0.1, 0.15) is 5.56 Å². The minimum Gasteiger partial charge on any atom is -0.375 e. The number of carbonyl (C=O) groups excluding carboxylic acids is 1. The number of amides is 1. The number of aryl methyl sites for hydroxylation is 1. The van der Waals surface area contributed by atoms with E-state index in [-0.39, 0.29) is 24.5 Å². The lowest BCUT2D eigenvalue weighted by Crippen LogP contribution is -2.48. The molecule has 2 N–H and O–H groups in total. The van der Waals surface area contributed by atoms with E-state index in [0.717, 1.165) is 27.1 Å². The summed E-state index contributed by atoms with van der Waals surface area (Å²) in [5.74, 6) is -0.432. The van der Waals surface area contributed by atoms with Crippen molar-refractivity contribution in [2.24, 2.45) is 0 Å². The lowest BCUT2D eigenvalue weighted by Gasteiger charge is -2.18. The summed E-state index contributed by atoms with van der Waals surface area (Å²) in [7, 11) is 1.48. The van der Waals surface area contributed by atoms with Gasteiger partial charge in [0.15, 0.2) is 0 Å². The predicted molar refractivity (Wildman–Crippen MR) is 91.7 cm³/mol. The SMILES string of the molecule is COCC(=O)NC1C=c2ccc(-c3cc(F)ccc3C)cc2=CN1. The van der Waals surface area contributed by atoms with Crippen molar-refractivity contribution in [3.63, 3.8) is 0 Å². The normalized spacial score (nSPS) is 15.5. The average molecular weight is 326 g/mol. The van der Waals surface area contributed by atoms with E-state index >= 15 is 0 Å². The maximum atomic E-state index is 13.5. The first-order valence-electron chi connectivity index (χ1n) is 7.70. The zero-order chi connectivity index (χ0) is 17.1. The molecule has 1 atom stereocenters. The molecular formula is C19H19FN2O2. The summed E-state index contributed by atoms with van der Waals surface area (Å²) in [5, 5.41) is 7.94. The van der Waals surface area contributed by atoms with Crippen LogP contribution in [0.25, 0.3) is 23.4 Å². The van der Waals surface area contributed by atoms with Crippen molar-refractivity contribution in [3.8, 4) is 11.1 Å². The van der Waals surface area contributed by atoms with Gasteiger partial charge in [0.1, 0.15) is 18.6 Å². The van der Waals surface area contributed by atoms with E-state index in [0.29, 0.717) is 0 Å². The third kappa shape index (κ3) is 3.46. The molecule has 4 nitrogen and oxygen atoms in total. The second kappa shape index (κ2) is 6.84. The van der Waals surface area contributed by atoms with Crippen LogP contribution in [0, 0.1) is 12.7 Å². The van der Waals surface area contributed by atoms with Gasteiger partial charge in [-0.3, -0.25) is 4.79 Å². The summed E-state index contributed by atoms with van der Waals surface area (Å²) in [6.45, 7) is 1.99. The van der Waals surface area contributed by atoms with Gasteiger partial charge < -0.3 is 15.4 Å². The Bertz CT molecular complexity index is 893. The van der Waals surface area contributed by atoms with Crippen molar-refractivity contribution < 1.29 is 13.9 Å². The Hall–Kier alpha value is -2.66. The molecule has 0 aromatic heterocycles. The van der Waals surface area contributed by atoms with Crippen LogP contribution in [0.4, 0.5) is 4.39 Å². The molecule has 1 amide bonds. The molecule has 0 fully saturated rings. The maximum Gasteiger partial charge on any atom is 0.247 e. The average Bonchev–Trinajstić information content (AvgIpc) is 2.57. The fraction of sp³-hybridized carbons (Fsp3) is 0.211. The molecule has 0 aliphatic carbocycles. The molecule has 0 saturated heterocycles. The van der Waals surface area contributed by atoms with E-state index in [2.05, 4.69) is 10.6 Å². The highest BCUT2D eigenvalue weighted by Gasteiger charge is 2.11. The maximum absolute atomic E-state index is 13.5. The van der Waals surface area contributed by atoms with Crippen molar-refractivity contribution >= 4 is 18.2 Å². The highest BCUT2D eigenvalue weighted by Crippen LogP contribution is 2.22. The molecule has 1 aliphatic rings. The molecule has 1 aliphatic heterocycles. The molecule has 2 aromatic rings. The van der Waals surface area contributed by atoms with E-state index in [9.17, 15) is 9.18 Å². The molecule has 0 spiro atoms. The largest absolute Gasteiger partial charge is 0.375 e. The first-order chi connectivity index (χ1) is 11.6. The highest BCUT2D eigenvalue weighted by atomic mass is 19.1. The summed E-state index contributed by atoms with van der Waals surface area (Å²) in [5.41, 5.74) is 2.86. The number of hydrogen-bond acceptors (Lipinski definition) is 3. The minimum absolute atomic E-state index is 0.0245. The fourth-order valence-electron chi connectivity index (χ4n) is 2.76. The Morgan fingerprint density at radius 1 is 1.25 bits per heavy atom. The molecule has 0 saturated carbocycles. The number of fused-ring (bicyclic) bond motifs is 1. The van der Waals surface area contributed by atoms with Crippen LogP contribution in [0.3, 0.4) is 0 Å². The molecule has 1 unspecified atom stereocenters. The van der Waals surface area contributed by atoms with E-state index in [1.165, 1.54) is 13.2 Å². The Kier molecular flexibility index (Phi) is 4.62. The third-order valence-corrected chi connectivity index (χ3v) is 3.95. The lowest BCUT2D eigenvalue weighted by molar-refractivity contribution is -0.125. The monoisotopic (exact) mass is 326 g/mol. The number of hydrogen-bond donors (Lipinski definition) is 2. The van der Waals surface area contributed by atoms with Gasteiger partial charge in [-0.15, -0.1) is 0 Å². The summed E-state index contributed by atoms with van der Waals surface area (Å²) in [6, 6.07) is 10.7. The predicted octanol–water partition coefficient (Wildman–Crippen LogP) is 1.01. The third-order valence-electron chi connectivity index (χ3n) is 3.95. The molecule has 0 bridgehead atoms. The second-order valence-corrected chi connectivity index (χ2v) is 5.76. The van der Waals surface area contributed by atoms with Gasteiger partial charge in [0.2, 0.25) is 5.91 Å². The first-order valence-corrected chi connectivity index (χ1v) is 7.70. The summed E-state index contributed by atoms with van der Waals surface area (Å²) in [4.78, 5) is 11.6. The van der Waals surface area contributed by atoms with Crippen LogP contribution in [0.5, 0.6) is 0 Å². The van der Waals surface area contributed by atoms with Crippen molar-refractivity contribution in [2.45, 2.75) is 13.1 Å². The molecule has 2 aromatic carbocycles. The Morgan fingerprint density at radius 3 is 2.88 bits per heavy atom. The number of benzene rings is 2. The molecule has 124 valence electrons. The van der Waals surface area contributed by atoms with E-state index in [1.54, 1.807) is 12.1 Å². The van der Waals surface area contributed by atoms with Gasteiger partial charge in [-0.1, -0.05) is 18.2 Å². The Balaban J connectivity index is 1.91. The van der Waals surface area contributed by atoms with Crippen LogP contribution in [-0.4, -0.2) is 25.8 Å². The number of carbonyl (C=O) groups is 1. The van der Waals surface area contributed by atoms with Crippen LogP contribution < -0.4 is 21.1 Å². The zero-order valence-corrected chi connectivity index (χ0v) is 13.6. The summed E-state index contributed by atoms with van der Waals surface area (Å²) >= 11 is 0. The lowest BCUT2D eigenvalue weighted by atomic mass is 9.99. The highest BCUT2D eigenvalue weighted by molar-refractivity contribution is 5.78. The number of nitrogens with one attached hydrogen (secondary N) is 2. The van der Waals surface area contributed by atoms with E-state index in [4.69, 9.17) is 4.74 Å². The number of rotatable bonds is 4. The van der Waals surface area contributed by atoms with Gasteiger partial charge in [0, 0.05) is 13.3 Å². The zero-order valence-electron chi connectivity index (χ0n) is 13.6. The summed E-state index contributed by atoms with van der Waals surface area (Å²) < 4.78 is 18.3. The second-order valence-electron chi connectivity index (χ2n) is 5.76. The van der Waals surface area contributed by atoms with Gasteiger partial charge in [0.05, 0.1) is 0 Å². The van der Waals surface area contributed by atoms with E-state index in [1.807, 2.05) is 37.4 Å². The van der Waals surface area contributed by atoms with E-state index < -0.39 is 0 Å². The van der Waals surface area contributed by atoms with Crippen LogP contribution in [0.15, 0.2) is 36.4 Å². The molecular weight excluding hydrogens is 307 g/mol. The van der Waals surface area contributed by atoms with Crippen molar-refractivity contribution in [1.29, 1.82) is 0 Å². The van der Waals surface area contributed by atoms with Crippen LogP contribution in [-0.2, 0) is 9.53 Å². The summed E-state index contributed by atoms with van der Waals surface area (Å²) in [6.07, 6.45) is 3.51. The van der Waals surface area contributed by atoms with Gasteiger partial charge in [-0.05, 0) is 58.3 Å². The first kappa shape index (κ1) is 16.2. The molecule has 0 radical (unpaired) electrons. The van der Waals surface area contributed by atoms with Crippen molar-refractivity contribution in [3.05, 3.63) is 58.2 Å². The van der Waals surface area contributed by atoms with Crippen LogP contribution in [0.2, 0.25) is 0 Å². The minimum atomic E-state index is -0.276. The molecule has 24 heavy (non-hydrogen) atoms. The van der Waals surface area contributed by atoms with Gasteiger partial charge >= 0.3 is 0 Å². The molecule has 5 heteroatoms. The van der Waals surface area contributed by atoms with Gasteiger partial charge in [-0.2, -0.15) is 0 Å². The van der Waals surface area contributed by atoms with Gasteiger partial charge in [0.25, 0.3) is 0 Å². The Labute approximate surface area is 139 Å².